The van der Waals surface area contributed by atoms with Gasteiger partial charge < -0.3 is 4.90 Å². The SMILES string of the molecule is Cc1nnsc1C(=O)N1c2ccccc2CC1C. The van der Waals surface area contributed by atoms with Crippen LogP contribution in [0.2, 0.25) is 0 Å². The monoisotopic (exact) mass is 259 g/mol. The molecule has 1 amide bonds. The second kappa shape index (κ2) is 4.17. The molecule has 1 aromatic heterocycles. The number of anilines is 1. The van der Waals surface area contributed by atoms with Gasteiger partial charge in [0.2, 0.25) is 0 Å². The third-order valence-electron chi connectivity index (χ3n) is 3.27. The third kappa shape index (κ3) is 1.62. The van der Waals surface area contributed by atoms with Crippen LogP contribution in [-0.2, 0) is 6.42 Å². The first-order valence-electron chi connectivity index (χ1n) is 5.89. The van der Waals surface area contributed by atoms with E-state index in [1.54, 1.807) is 0 Å². The normalized spacial score (nSPS) is 17.9. The van der Waals surface area contributed by atoms with E-state index in [9.17, 15) is 4.79 Å². The predicted molar refractivity (Wildman–Crippen MR) is 71.1 cm³/mol. The topological polar surface area (TPSA) is 46.1 Å². The van der Waals surface area contributed by atoms with Crippen molar-refractivity contribution < 1.29 is 4.79 Å². The molecule has 0 aliphatic carbocycles. The first kappa shape index (κ1) is 11.3. The Morgan fingerprint density at radius 1 is 1.44 bits per heavy atom. The molecule has 1 aliphatic heterocycles. The fourth-order valence-corrected chi connectivity index (χ4v) is 3.01. The molecule has 1 aromatic carbocycles. The minimum absolute atomic E-state index is 0.0138. The molecule has 1 atom stereocenters. The van der Waals surface area contributed by atoms with Crippen molar-refractivity contribution in [3.8, 4) is 0 Å². The standard InChI is InChI=1S/C13H13N3OS/c1-8-7-10-5-3-4-6-11(10)16(8)13(17)12-9(2)14-15-18-12/h3-6,8H,7H2,1-2H3. The molecule has 1 unspecified atom stereocenters. The lowest BCUT2D eigenvalue weighted by atomic mass is 10.1. The molecule has 0 fully saturated rings. The molecule has 1 aliphatic rings. The number of fused-ring (bicyclic) bond motifs is 1. The van der Waals surface area contributed by atoms with Crippen LogP contribution in [0.25, 0.3) is 0 Å². The maximum Gasteiger partial charge on any atom is 0.272 e. The van der Waals surface area contributed by atoms with Crippen LogP contribution in [-0.4, -0.2) is 21.5 Å². The number of hydrogen-bond donors (Lipinski definition) is 0. The Kier molecular flexibility index (Phi) is 2.63. The Labute approximate surface area is 109 Å². The van der Waals surface area contributed by atoms with E-state index in [4.69, 9.17) is 0 Å². The van der Waals surface area contributed by atoms with Gasteiger partial charge in [-0.1, -0.05) is 22.7 Å². The minimum atomic E-state index is 0.0138. The Morgan fingerprint density at radius 2 is 2.22 bits per heavy atom. The Hall–Kier alpha value is -1.75. The van der Waals surface area contributed by atoms with Crippen LogP contribution in [0.1, 0.15) is 27.9 Å². The number of para-hydroxylation sites is 1. The molecule has 0 spiro atoms. The van der Waals surface area contributed by atoms with E-state index in [-0.39, 0.29) is 11.9 Å². The summed E-state index contributed by atoms with van der Waals surface area (Å²) in [7, 11) is 0. The Morgan fingerprint density at radius 3 is 2.94 bits per heavy atom. The van der Waals surface area contributed by atoms with E-state index in [0.717, 1.165) is 12.1 Å². The summed E-state index contributed by atoms with van der Waals surface area (Å²) >= 11 is 1.17. The van der Waals surface area contributed by atoms with Crippen molar-refractivity contribution in [1.29, 1.82) is 0 Å². The van der Waals surface area contributed by atoms with Crippen molar-refractivity contribution in [2.75, 3.05) is 4.90 Å². The van der Waals surface area contributed by atoms with Gasteiger partial charge in [-0.2, -0.15) is 0 Å². The van der Waals surface area contributed by atoms with Gasteiger partial charge in [0.1, 0.15) is 4.88 Å². The highest BCUT2D eigenvalue weighted by Crippen LogP contribution is 2.33. The largest absolute Gasteiger partial charge is 0.304 e. The number of amides is 1. The lowest BCUT2D eigenvalue weighted by molar-refractivity contribution is 0.0984. The first-order chi connectivity index (χ1) is 8.68. The van der Waals surface area contributed by atoms with E-state index >= 15 is 0 Å². The van der Waals surface area contributed by atoms with Gasteiger partial charge in [0.25, 0.3) is 5.91 Å². The Bertz CT molecular complexity index is 608. The van der Waals surface area contributed by atoms with Crippen LogP contribution in [0.15, 0.2) is 24.3 Å². The molecule has 18 heavy (non-hydrogen) atoms. The van der Waals surface area contributed by atoms with E-state index in [0.29, 0.717) is 10.6 Å². The second-order valence-corrected chi connectivity index (χ2v) is 5.30. The number of benzene rings is 1. The van der Waals surface area contributed by atoms with Gasteiger partial charge in [0, 0.05) is 11.7 Å². The van der Waals surface area contributed by atoms with E-state index in [1.165, 1.54) is 17.1 Å². The average Bonchev–Trinajstić information content (AvgIpc) is 2.91. The van der Waals surface area contributed by atoms with Gasteiger partial charge in [0.15, 0.2) is 0 Å². The summed E-state index contributed by atoms with van der Waals surface area (Å²) in [5.41, 5.74) is 2.96. The van der Waals surface area contributed by atoms with E-state index in [1.807, 2.05) is 30.0 Å². The zero-order valence-electron chi connectivity index (χ0n) is 10.3. The number of carbonyl (C=O) groups excluding carboxylic acids is 1. The molecule has 0 saturated carbocycles. The molecule has 5 heteroatoms. The van der Waals surface area contributed by atoms with E-state index in [2.05, 4.69) is 22.6 Å². The zero-order chi connectivity index (χ0) is 12.7. The highest BCUT2D eigenvalue weighted by atomic mass is 32.1. The van der Waals surface area contributed by atoms with Gasteiger partial charge >= 0.3 is 0 Å². The molecule has 0 bridgehead atoms. The number of aromatic nitrogens is 2. The summed E-state index contributed by atoms with van der Waals surface area (Å²) in [6.07, 6.45) is 0.910. The summed E-state index contributed by atoms with van der Waals surface area (Å²) in [6.45, 7) is 3.89. The van der Waals surface area contributed by atoms with Crippen LogP contribution < -0.4 is 4.90 Å². The summed E-state index contributed by atoms with van der Waals surface area (Å²) < 4.78 is 3.84. The number of rotatable bonds is 1. The summed E-state index contributed by atoms with van der Waals surface area (Å²) in [5.74, 6) is 0.0138. The van der Waals surface area contributed by atoms with Crippen LogP contribution in [0.3, 0.4) is 0 Å². The number of nitrogens with zero attached hydrogens (tertiary/aromatic N) is 3. The van der Waals surface area contributed by atoms with Crippen LogP contribution in [0, 0.1) is 6.92 Å². The number of hydrogen-bond acceptors (Lipinski definition) is 4. The maximum absolute atomic E-state index is 12.6. The molecule has 0 N–H and O–H groups in total. The summed E-state index contributed by atoms with van der Waals surface area (Å²) in [5, 5.41) is 3.91. The molecule has 3 rings (SSSR count). The third-order valence-corrected chi connectivity index (χ3v) is 4.09. The fourth-order valence-electron chi connectivity index (χ4n) is 2.41. The van der Waals surface area contributed by atoms with Crippen molar-refractivity contribution >= 4 is 23.1 Å². The molecule has 2 heterocycles. The minimum Gasteiger partial charge on any atom is -0.304 e. The molecule has 92 valence electrons. The molecule has 0 saturated heterocycles. The Balaban J connectivity index is 2.03. The molecule has 2 aromatic rings. The van der Waals surface area contributed by atoms with Crippen molar-refractivity contribution in [3.05, 3.63) is 40.4 Å². The van der Waals surface area contributed by atoms with Crippen molar-refractivity contribution in [2.45, 2.75) is 26.3 Å². The quantitative estimate of drug-likeness (QED) is 0.790. The molecular weight excluding hydrogens is 246 g/mol. The first-order valence-corrected chi connectivity index (χ1v) is 6.66. The van der Waals surface area contributed by atoms with Gasteiger partial charge in [-0.15, -0.1) is 5.10 Å². The lowest BCUT2D eigenvalue weighted by Crippen LogP contribution is -2.35. The van der Waals surface area contributed by atoms with Crippen molar-refractivity contribution in [2.24, 2.45) is 0 Å². The fraction of sp³-hybridized carbons (Fsp3) is 0.308. The zero-order valence-corrected chi connectivity index (χ0v) is 11.1. The predicted octanol–water partition coefficient (Wildman–Crippen LogP) is 2.44. The van der Waals surface area contributed by atoms with Crippen LogP contribution >= 0.6 is 11.5 Å². The van der Waals surface area contributed by atoms with Gasteiger partial charge in [0.05, 0.1) is 5.69 Å². The maximum atomic E-state index is 12.6. The molecular formula is C13H13N3OS. The highest BCUT2D eigenvalue weighted by Gasteiger charge is 2.32. The van der Waals surface area contributed by atoms with Gasteiger partial charge in [-0.25, -0.2) is 0 Å². The van der Waals surface area contributed by atoms with Gasteiger partial charge in [-0.05, 0) is 43.4 Å². The summed E-state index contributed by atoms with van der Waals surface area (Å²) in [4.78, 5) is 15.1. The molecule has 4 nitrogen and oxygen atoms in total. The molecule has 0 radical (unpaired) electrons. The highest BCUT2D eigenvalue weighted by molar-refractivity contribution is 7.08. The number of carbonyl (C=O) groups is 1. The second-order valence-electron chi connectivity index (χ2n) is 4.54. The number of aryl methyl sites for hydroxylation is 1. The van der Waals surface area contributed by atoms with Crippen LogP contribution in [0.5, 0.6) is 0 Å². The van der Waals surface area contributed by atoms with Gasteiger partial charge in [-0.3, -0.25) is 4.79 Å². The smallest absolute Gasteiger partial charge is 0.272 e. The van der Waals surface area contributed by atoms with Crippen LogP contribution in [0.4, 0.5) is 5.69 Å². The lowest BCUT2D eigenvalue weighted by Gasteiger charge is -2.21. The van der Waals surface area contributed by atoms with E-state index < -0.39 is 0 Å². The average molecular weight is 259 g/mol. The van der Waals surface area contributed by atoms with Crippen molar-refractivity contribution in [3.63, 3.8) is 0 Å². The van der Waals surface area contributed by atoms with Crippen molar-refractivity contribution in [1.82, 2.24) is 9.59 Å². The summed E-state index contributed by atoms with van der Waals surface area (Å²) in [6, 6.07) is 8.25.